The second-order valence-corrected chi connectivity index (χ2v) is 7.71. The quantitative estimate of drug-likeness (QED) is 0.785. The van der Waals surface area contributed by atoms with Gasteiger partial charge >= 0.3 is 0 Å². The molecule has 0 unspecified atom stereocenters. The molecular formula is C23H25N5O2. The Labute approximate surface area is 175 Å². The number of anilines is 1. The molecule has 30 heavy (non-hydrogen) atoms. The molecule has 154 valence electrons. The molecule has 7 heteroatoms. The summed E-state index contributed by atoms with van der Waals surface area (Å²) in [7, 11) is 0. The molecule has 2 aliphatic heterocycles. The number of hydrogen-bond donors (Lipinski definition) is 1. The Hall–Kier alpha value is -3.37. The third-order valence-electron chi connectivity index (χ3n) is 5.91. The van der Waals surface area contributed by atoms with E-state index in [-0.39, 0.29) is 17.0 Å². The van der Waals surface area contributed by atoms with Gasteiger partial charge in [0.15, 0.2) is 0 Å². The summed E-state index contributed by atoms with van der Waals surface area (Å²) in [4.78, 5) is 33.6. The van der Waals surface area contributed by atoms with Gasteiger partial charge in [0, 0.05) is 51.4 Å². The standard InChI is InChI=1S/C23H25N5O2/c1-2-21(29)27-10-12-28(13-11-27)22-18-8-9-26(15-17-6-4-3-5-7-17)16-20(18)19(14-24)23(30)25-22/h2-7H,1,8-13,15-16H2,(H,25,30). The van der Waals surface area contributed by atoms with Gasteiger partial charge in [0.1, 0.15) is 17.5 Å². The summed E-state index contributed by atoms with van der Waals surface area (Å²) in [6.45, 7) is 8.23. The number of H-pyrrole nitrogens is 1. The van der Waals surface area contributed by atoms with E-state index in [2.05, 4.69) is 39.6 Å². The van der Waals surface area contributed by atoms with Crippen molar-refractivity contribution >= 4 is 11.7 Å². The Morgan fingerprint density at radius 1 is 1.13 bits per heavy atom. The number of carbonyl (C=O) groups is 1. The number of nitriles is 1. The fraction of sp³-hybridized carbons (Fsp3) is 0.348. The van der Waals surface area contributed by atoms with Crippen LogP contribution in [0.2, 0.25) is 0 Å². The number of hydrogen-bond acceptors (Lipinski definition) is 5. The van der Waals surface area contributed by atoms with Gasteiger partial charge < -0.3 is 14.8 Å². The summed E-state index contributed by atoms with van der Waals surface area (Å²) < 4.78 is 0. The molecular weight excluding hydrogens is 378 g/mol. The molecule has 0 aliphatic carbocycles. The lowest BCUT2D eigenvalue weighted by Gasteiger charge is -2.38. The predicted molar refractivity (Wildman–Crippen MR) is 115 cm³/mol. The van der Waals surface area contributed by atoms with E-state index in [1.165, 1.54) is 11.6 Å². The summed E-state index contributed by atoms with van der Waals surface area (Å²) in [6, 6.07) is 12.3. The van der Waals surface area contributed by atoms with Gasteiger partial charge in [-0.25, -0.2) is 0 Å². The maximum absolute atomic E-state index is 12.7. The number of piperazine rings is 1. The van der Waals surface area contributed by atoms with Crippen LogP contribution in [0, 0.1) is 11.3 Å². The Balaban J connectivity index is 1.60. The van der Waals surface area contributed by atoms with E-state index in [4.69, 9.17) is 0 Å². The molecule has 3 heterocycles. The topological polar surface area (TPSA) is 83.4 Å². The summed E-state index contributed by atoms with van der Waals surface area (Å²) in [6.07, 6.45) is 2.11. The van der Waals surface area contributed by atoms with Crippen LogP contribution in [0.4, 0.5) is 5.82 Å². The number of amides is 1. The van der Waals surface area contributed by atoms with Crippen molar-refractivity contribution < 1.29 is 4.79 Å². The maximum Gasteiger partial charge on any atom is 0.267 e. The summed E-state index contributed by atoms with van der Waals surface area (Å²) in [5.41, 5.74) is 2.99. The number of rotatable bonds is 4. The Kier molecular flexibility index (Phi) is 5.68. The fourth-order valence-electron chi connectivity index (χ4n) is 4.34. The van der Waals surface area contributed by atoms with E-state index < -0.39 is 0 Å². The largest absolute Gasteiger partial charge is 0.354 e. The number of nitrogens with one attached hydrogen (secondary N) is 1. The molecule has 4 rings (SSSR count). The van der Waals surface area contributed by atoms with Crippen molar-refractivity contribution in [1.82, 2.24) is 14.8 Å². The van der Waals surface area contributed by atoms with E-state index in [0.29, 0.717) is 32.7 Å². The molecule has 1 fully saturated rings. The van der Waals surface area contributed by atoms with Crippen molar-refractivity contribution in [1.29, 1.82) is 5.26 Å². The fourth-order valence-corrected chi connectivity index (χ4v) is 4.34. The molecule has 0 bridgehead atoms. The van der Waals surface area contributed by atoms with Crippen LogP contribution in [0.5, 0.6) is 0 Å². The number of fused-ring (bicyclic) bond motifs is 1. The highest BCUT2D eigenvalue weighted by Gasteiger charge is 2.28. The van der Waals surface area contributed by atoms with Gasteiger partial charge in [-0.1, -0.05) is 36.9 Å². The molecule has 0 saturated carbocycles. The van der Waals surface area contributed by atoms with Crippen LogP contribution in [0.1, 0.15) is 22.3 Å². The van der Waals surface area contributed by atoms with Crippen molar-refractivity contribution in [2.45, 2.75) is 19.5 Å². The third-order valence-corrected chi connectivity index (χ3v) is 5.91. The van der Waals surface area contributed by atoms with Crippen molar-refractivity contribution in [3.8, 4) is 6.07 Å². The normalized spacial score (nSPS) is 16.6. The number of benzene rings is 1. The first kappa shape index (κ1) is 19.9. The summed E-state index contributed by atoms with van der Waals surface area (Å²) in [5.74, 6) is 0.737. The monoisotopic (exact) mass is 403 g/mol. The van der Waals surface area contributed by atoms with E-state index >= 15 is 0 Å². The van der Waals surface area contributed by atoms with Crippen LogP contribution in [0.25, 0.3) is 0 Å². The van der Waals surface area contributed by atoms with E-state index in [0.717, 1.165) is 36.5 Å². The highest BCUT2D eigenvalue weighted by molar-refractivity contribution is 5.87. The molecule has 2 aromatic rings. The number of aromatic amines is 1. The summed E-state index contributed by atoms with van der Waals surface area (Å²) in [5, 5.41) is 9.62. The number of pyridine rings is 1. The second-order valence-electron chi connectivity index (χ2n) is 7.71. The lowest BCUT2D eigenvalue weighted by atomic mass is 9.95. The minimum absolute atomic E-state index is 0.0680. The van der Waals surface area contributed by atoms with Crippen molar-refractivity contribution in [2.24, 2.45) is 0 Å². The molecule has 0 spiro atoms. The zero-order valence-electron chi connectivity index (χ0n) is 16.9. The second kappa shape index (κ2) is 8.56. The van der Waals surface area contributed by atoms with E-state index in [1.807, 2.05) is 18.2 Å². The van der Waals surface area contributed by atoms with Crippen LogP contribution < -0.4 is 10.5 Å². The highest BCUT2D eigenvalue weighted by atomic mass is 16.2. The zero-order chi connectivity index (χ0) is 21.1. The average molecular weight is 403 g/mol. The lowest BCUT2D eigenvalue weighted by Crippen LogP contribution is -2.49. The average Bonchev–Trinajstić information content (AvgIpc) is 2.79. The third kappa shape index (κ3) is 3.87. The Morgan fingerprint density at radius 3 is 2.53 bits per heavy atom. The molecule has 7 nitrogen and oxygen atoms in total. The minimum Gasteiger partial charge on any atom is -0.354 e. The predicted octanol–water partition coefficient (Wildman–Crippen LogP) is 1.64. The first-order chi connectivity index (χ1) is 14.6. The molecule has 0 radical (unpaired) electrons. The highest BCUT2D eigenvalue weighted by Crippen LogP contribution is 2.29. The Morgan fingerprint density at radius 2 is 1.87 bits per heavy atom. The SMILES string of the molecule is C=CC(=O)N1CCN(c2[nH]c(=O)c(C#N)c3c2CCN(Cc2ccccc2)C3)CC1. The van der Waals surface area contributed by atoms with E-state index in [9.17, 15) is 14.9 Å². The van der Waals surface area contributed by atoms with Crippen LogP contribution in [-0.4, -0.2) is 53.4 Å². The first-order valence-electron chi connectivity index (χ1n) is 10.2. The Bertz CT molecular complexity index is 1050. The molecule has 1 aromatic heterocycles. The van der Waals surface area contributed by atoms with Gasteiger partial charge in [0.05, 0.1) is 0 Å². The van der Waals surface area contributed by atoms with Gasteiger partial charge in [-0.15, -0.1) is 0 Å². The lowest BCUT2D eigenvalue weighted by molar-refractivity contribution is -0.126. The van der Waals surface area contributed by atoms with Gasteiger partial charge in [-0.05, 0) is 23.6 Å². The number of aromatic nitrogens is 1. The van der Waals surface area contributed by atoms with Crippen LogP contribution in [0.15, 0.2) is 47.8 Å². The van der Waals surface area contributed by atoms with E-state index in [1.54, 1.807) is 4.90 Å². The number of nitrogens with zero attached hydrogens (tertiary/aromatic N) is 4. The molecule has 1 aromatic carbocycles. The van der Waals surface area contributed by atoms with Gasteiger partial charge in [-0.2, -0.15) is 5.26 Å². The number of carbonyl (C=O) groups excluding carboxylic acids is 1. The molecule has 1 N–H and O–H groups in total. The molecule has 2 aliphatic rings. The van der Waals surface area contributed by atoms with Crippen LogP contribution in [0.3, 0.4) is 0 Å². The smallest absolute Gasteiger partial charge is 0.267 e. The maximum atomic E-state index is 12.7. The van der Waals surface area contributed by atoms with Crippen molar-refractivity contribution in [3.05, 3.63) is 75.6 Å². The minimum atomic E-state index is -0.336. The molecule has 1 amide bonds. The first-order valence-corrected chi connectivity index (χ1v) is 10.2. The molecule has 0 atom stereocenters. The van der Waals surface area contributed by atoms with Gasteiger partial charge in [0.25, 0.3) is 5.56 Å². The van der Waals surface area contributed by atoms with Crippen LogP contribution >= 0.6 is 0 Å². The zero-order valence-corrected chi connectivity index (χ0v) is 16.9. The van der Waals surface area contributed by atoms with Gasteiger partial charge in [0.2, 0.25) is 5.91 Å². The van der Waals surface area contributed by atoms with Crippen molar-refractivity contribution in [2.75, 3.05) is 37.6 Å². The van der Waals surface area contributed by atoms with Gasteiger partial charge in [-0.3, -0.25) is 14.5 Å². The van der Waals surface area contributed by atoms with Crippen LogP contribution in [-0.2, 0) is 24.3 Å². The molecule has 1 saturated heterocycles. The van der Waals surface area contributed by atoms with Crippen molar-refractivity contribution in [3.63, 3.8) is 0 Å². The summed E-state index contributed by atoms with van der Waals surface area (Å²) >= 11 is 0.